The molecule has 0 radical (unpaired) electrons. The lowest BCUT2D eigenvalue weighted by molar-refractivity contribution is -0.141. The summed E-state index contributed by atoms with van der Waals surface area (Å²) in [4.78, 5) is 13.2. The monoisotopic (exact) mass is 288 g/mol. The molecule has 2 aromatic rings. The molecule has 1 atom stereocenters. The zero-order valence-electron chi connectivity index (χ0n) is 13.3. The number of aromatic nitrogens is 1. The highest BCUT2D eigenvalue weighted by atomic mass is 16.4. The van der Waals surface area contributed by atoms with Gasteiger partial charge in [0.15, 0.2) is 0 Å². The van der Waals surface area contributed by atoms with Crippen molar-refractivity contribution in [3.63, 3.8) is 0 Å². The second kappa shape index (κ2) is 6.31. The maximum Gasteiger partial charge on any atom is 0.307 e. The van der Waals surface area contributed by atoms with Crippen LogP contribution < -0.4 is 0 Å². The summed E-state index contributed by atoms with van der Waals surface area (Å²) in [5.41, 5.74) is 3.78. The molecule has 1 aromatic carbocycles. The first-order chi connectivity index (χ1) is 9.95. The zero-order valence-corrected chi connectivity index (χ0v) is 13.3. The first-order valence-electron chi connectivity index (χ1n) is 7.43. The largest absolute Gasteiger partial charge is 0.481 e. The summed E-state index contributed by atoms with van der Waals surface area (Å²) in [6, 6.07) is 8.38. The van der Waals surface area contributed by atoms with Crippen LogP contribution in [0.1, 0.15) is 25.1 Å². The Morgan fingerprint density at radius 2 is 2.05 bits per heavy atom. The summed E-state index contributed by atoms with van der Waals surface area (Å²) in [6.07, 6.45) is 0. The van der Waals surface area contributed by atoms with E-state index in [4.69, 9.17) is 5.11 Å². The lowest BCUT2D eigenvalue weighted by Gasteiger charge is -2.23. The molecule has 0 aliphatic carbocycles. The van der Waals surface area contributed by atoms with Crippen molar-refractivity contribution < 1.29 is 9.90 Å². The number of carbonyl (C=O) groups is 1. The van der Waals surface area contributed by atoms with Crippen molar-refractivity contribution in [2.24, 2.45) is 13.0 Å². The standard InChI is InChI=1S/C17H24N2O2/c1-5-19(10-12(2)17(20)21)11-16-13(3)14-8-6-7-9-15(14)18(16)4/h6-9,12H,5,10-11H2,1-4H3,(H,20,21). The molecule has 2 rings (SSSR count). The molecule has 0 bridgehead atoms. The summed E-state index contributed by atoms with van der Waals surface area (Å²) in [5.74, 6) is -1.08. The molecule has 114 valence electrons. The van der Waals surface area contributed by atoms with Crippen molar-refractivity contribution in [1.82, 2.24) is 9.47 Å². The van der Waals surface area contributed by atoms with Crippen molar-refractivity contribution in [3.8, 4) is 0 Å². The highest BCUT2D eigenvalue weighted by Gasteiger charge is 2.18. The van der Waals surface area contributed by atoms with Gasteiger partial charge in [-0.15, -0.1) is 0 Å². The molecule has 0 saturated heterocycles. The second-order valence-electron chi connectivity index (χ2n) is 5.71. The molecule has 0 aliphatic heterocycles. The number of fused-ring (bicyclic) bond motifs is 1. The normalized spacial score (nSPS) is 13.0. The number of aryl methyl sites for hydroxylation is 2. The van der Waals surface area contributed by atoms with Crippen molar-refractivity contribution in [2.45, 2.75) is 27.3 Å². The molecule has 4 heteroatoms. The van der Waals surface area contributed by atoms with Gasteiger partial charge in [0.2, 0.25) is 0 Å². The Labute approximate surface area is 126 Å². The molecule has 0 saturated carbocycles. The van der Waals surface area contributed by atoms with Gasteiger partial charge in [0.05, 0.1) is 5.92 Å². The number of nitrogens with zero attached hydrogens (tertiary/aromatic N) is 2. The highest BCUT2D eigenvalue weighted by molar-refractivity contribution is 5.85. The maximum absolute atomic E-state index is 11.0. The number of hydrogen-bond donors (Lipinski definition) is 1. The van der Waals surface area contributed by atoms with Gasteiger partial charge >= 0.3 is 5.97 Å². The fraction of sp³-hybridized carbons (Fsp3) is 0.471. The van der Waals surface area contributed by atoms with Crippen LogP contribution in [0.25, 0.3) is 10.9 Å². The Balaban J connectivity index is 2.27. The first kappa shape index (κ1) is 15.6. The first-order valence-corrected chi connectivity index (χ1v) is 7.43. The van der Waals surface area contributed by atoms with Crippen LogP contribution in [-0.2, 0) is 18.4 Å². The SMILES string of the molecule is CCN(Cc1c(C)c2ccccc2n1C)CC(C)C(=O)O. The van der Waals surface area contributed by atoms with E-state index in [1.807, 2.05) is 0 Å². The van der Waals surface area contributed by atoms with Crippen LogP contribution in [-0.4, -0.2) is 33.6 Å². The van der Waals surface area contributed by atoms with Crippen LogP contribution in [0.4, 0.5) is 0 Å². The van der Waals surface area contributed by atoms with E-state index in [2.05, 4.69) is 54.6 Å². The van der Waals surface area contributed by atoms with Gasteiger partial charge < -0.3 is 9.67 Å². The molecule has 21 heavy (non-hydrogen) atoms. The molecular weight excluding hydrogens is 264 g/mol. The number of hydrogen-bond acceptors (Lipinski definition) is 2. The average molecular weight is 288 g/mol. The van der Waals surface area contributed by atoms with Crippen molar-refractivity contribution >= 4 is 16.9 Å². The van der Waals surface area contributed by atoms with Gasteiger partial charge in [-0.05, 0) is 25.1 Å². The summed E-state index contributed by atoms with van der Waals surface area (Å²) >= 11 is 0. The molecule has 4 nitrogen and oxygen atoms in total. The van der Waals surface area contributed by atoms with Gasteiger partial charge in [0.25, 0.3) is 0 Å². The predicted octanol–water partition coefficient (Wildman–Crippen LogP) is 3.03. The lowest BCUT2D eigenvalue weighted by atomic mass is 10.1. The number of aliphatic carboxylic acids is 1. The Hall–Kier alpha value is -1.81. The molecule has 1 heterocycles. The van der Waals surface area contributed by atoms with Gasteiger partial charge in [-0.3, -0.25) is 9.69 Å². The van der Waals surface area contributed by atoms with Gasteiger partial charge in [-0.25, -0.2) is 0 Å². The zero-order chi connectivity index (χ0) is 15.6. The minimum Gasteiger partial charge on any atom is -0.481 e. The van der Waals surface area contributed by atoms with Crippen molar-refractivity contribution in [3.05, 3.63) is 35.5 Å². The quantitative estimate of drug-likeness (QED) is 0.888. The fourth-order valence-corrected chi connectivity index (χ4v) is 2.84. The number of benzene rings is 1. The van der Waals surface area contributed by atoms with E-state index in [0.29, 0.717) is 6.54 Å². The van der Waals surface area contributed by atoms with Crippen LogP contribution in [0.3, 0.4) is 0 Å². The summed E-state index contributed by atoms with van der Waals surface area (Å²) in [7, 11) is 2.08. The van der Waals surface area contributed by atoms with Crippen molar-refractivity contribution in [1.29, 1.82) is 0 Å². The molecule has 0 fully saturated rings. The van der Waals surface area contributed by atoms with Crippen molar-refractivity contribution in [2.75, 3.05) is 13.1 Å². The summed E-state index contributed by atoms with van der Waals surface area (Å²) < 4.78 is 2.22. The Kier molecular flexibility index (Phi) is 4.68. The van der Waals surface area contributed by atoms with E-state index in [9.17, 15) is 4.79 Å². The minimum atomic E-state index is -0.734. The molecule has 0 spiro atoms. The van der Waals surface area contributed by atoms with E-state index in [1.165, 1.54) is 22.2 Å². The van der Waals surface area contributed by atoms with E-state index in [1.54, 1.807) is 6.92 Å². The van der Waals surface area contributed by atoms with Gasteiger partial charge in [-0.2, -0.15) is 0 Å². The minimum absolute atomic E-state index is 0.347. The van der Waals surface area contributed by atoms with Crippen LogP contribution in [0.2, 0.25) is 0 Å². The molecule has 1 N–H and O–H groups in total. The van der Waals surface area contributed by atoms with Gasteiger partial charge in [-0.1, -0.05) is 32.0 Å². The fourth-order valence-electron chi connectivity index (χ4n) is 2.84. The average Bonchev–Trinajstić information content (AvgIpc) is 2.71. The van der Waals surface area contributed by atoms with Gasteiger partial charge in [0, 0.05) is 36.7 Å². The van der Waals surface area contributed by atoms with E-state index in [-0.39, 0.29) is 5.92 Å². The molecule has 1 aromatic heterocycles. The van der Waals surface area contributed by atoms with Crippen LogP contribution in [0, 0.1) is 12.8 Å². The number of carboxylic acids is 1. The van der Waals surface area contributed by atoms with Crippen LogP contribution in [0.15, 0.2) is 24.3 Å². The Morgan fingerprint density at radius 1 is 1.38 bits per heavy atom. The molecule has 0 aliphatic rings. The lowest BCUT2D eigenvalue weighted by Crippen LogP contribution is -2.32. The van der Waals surface area contributed by atoms with Gasteiger partial charge in [0.1, 0.15) is 0 Å². The highest BCUT2D eigenvalue weighted by Crippen LogP contribution is 2.25. The van der Waals surface area contributed by atoms with Crippen LogP contribution >= 0.6 is 0 Å². The third-order valence-electron chi connectivity index (χ3n) is 4.28. The second-order valence-corrected chi connectivity index (χ2v) is 5.71. The number of para-hydroxylation sites is 1. The Morgan fingerprint density at radius 3 is 2.62 bits per heavy atom. The summed E-state index contributed by atoms with van der Waals surface area (Å²) in [5, 5.41) is 10.4. The molecule has 1 unspecified atom stereocenters. The maximum atomic E-state index is 11.0. The third kappa shape index (κ3) is 3.10. The molecular formula is C17H24N2O2. The number of carboxylic acid groups (broad SMARTS) is 1. The van der Waals surface area contributed by atoms with E-state index in [0.717, 1.165) is 13.1 Å². The smallest absolute Gasteiger partial charge is 0.307 e. The third-order valence-corrected chi connectivity index (χ3v) is 4.28. The van der Waals surface area contributed by atoms with Crippen LogP contribution in [0.5, 0.6) is 0 Å². The van der Waals surface area contributed by atoms with E-state index < -0.39 is 5.97 Å². The summed E-state index contributed by atoms with van der Waals surface area (Å²) in [6.45, 7) is 8.19. The Bertz CT molecular complexity index is 607. The predicted molar refractivity (Wildman–Crippen MR) is 85.4 cm³/mol. The number of rotatable bonds is 6. The van der Waals surface area contributed by atoms with E-state index >= 15 is 0 Å². The molecule has 0 amide bonds. The topological polar surface area (TPSA) is 45.5 Å².